The fraction of sp³-hybridized carbons (Fsp3) is 0.294. The molecule has 0 bridgehead atoms. The Bertz CT molecular complexity index is 900. The molecule has 1 atom stereocenters. The van der Waals surface area contributed by atoms with E-state index in [0.717, 1.165) is 30.5 Å². The Labute approximate surface area is 140 Å². The molecule has 0 aliphatic heterocycles. The van der Waals surface area contributed by atoms with E-state index in [4.69, 9.17) is 0 Å². The molecule has 2 aromatic heterocycles. The van der Waals surface area contributed by atoms with E-state index in [1.807, 2.05) is 6.07 Å². The van der Waals surface area contributed by atoms with Crippen LogP contribution >= 0.6 is 0 Å². The molecule has 0 spiro atoms. The molecule has 2 heterocycles. The van der Waals surface area contributed by atoms with Crippen molar-refractivity contribution in [2.75, 3.05) is 0 Å². The van der Waals surface area contributed by atoms with Gasteiger partial charge in [-0.3, -0.25) is 0 Å². The highest BCUT2D eigenvalue weighted by molar-refractivity contribution is 5.46. The third-order valence-electron chi connectivity index (χ3n) is 4.14. The summed E-state index contributed by atoms with van der Waals surface area (Å²) in [6.45, 7) is 0. The van der Waals surface area contributed by atoms with E-state index < -0.39 is 12.5 Å². The van der Waals surface area contributed by atoms with Gasteiger partial charge in [0.15, 0.2) is 11.8 Å². The van der Waals surface area contributed by atoms with Crippen LogP contribution in [0.1, 0.15) is 41.8 Å². The zero-order valence-electron chi connectivity index (χ0n) is 12.9. The Hall–Kier alpha value is -2.64. The first-order chi connectivity index (χ1) is 11.9. The lowest BCUT2D eigenvalue weighted by Gasteiger charge is -2.14. The molecule has 1 aliphatic carbocycles. The highest BCUT2D eigenvalue weighted by atomic mass is 19.4. The molecular weight excluding hydrogens is 338 g/mol. The second-order valence-electron chi connectivity index (χ2n) is 6.00. The Morgan fingerprint density at radius 1 is 1.12 bits per heavy atom. The van der Waals surface area contributed by atoms with Gasteiger partial charge < -0.3 is 4.74 Å². The quantitative estimate of drug-likeness (QED) is 0.647. The number of benzene rings is 1. The number of pyridine rings is 1. The molecule has 0 radical (unpaired) electrons. The SMILES string of the molecule is FC(c1ccc(OC(F)(F)F)cc1)c1cc(C2CC2)cc2ncnn12. The van der Waals surface area contributed by atoms with Crippen molar-refractivity contribution in [3.8, 4) is 5.75 Å². The summed E-state index contributed by atoms with van der Waals surface area (Å²) in [5.74, 6) is 0.0243. The van der Waals surface area contributed by atoms with Crippen LogP contribution in [0, 0.1) is 0 Å². The van der Waals surface area contributed by atoms with Crippen LogP contribution in [0.2, 0.25) is 0 Å². The Balaban J connectivity index is 1.67. The van der Waals surface area contributed by atoms with Crippen LogP contribution in [0.4, 0.5) is 17.6 Å². The average molecular weight is 351 g/mol. The van der Waals surface area contributed by atoms with Gasteiger partial charge in [0.05, 0.1) is 5.69 Å². The van der Waals surface area contributed by atoms with Crippen molar-refractivity contribution >= 4 is 5.65 Å². The van der Waals surface area contributed by atoms with E-state index in [0.29, 0.717) is 17.3 Å². The third-order valence-corrected chi connectivity index (χ3v) is 4.14. The summed E-state index contributed by atoms with van der Waals surface area (Å²) in [6.07, 6.45) is -2.85. The predicted molar refractivity (Wildman–Crippen MR) is 81.0 cm³/mol. The summed E-state index contributed by atoms with van der Waals surface area (Å²) in [6, 6.07) is 8.39. The fourth-order valence-corrected chi connectivity index (χ4v) is 2.81. The van der Waals surface area contributed by atoms with Gasteiger partial charge in [-0.2, -0.15) is 5.10 Å². The number of aromatic nitrogens is 3. The zero-order valence-corrected chi connectivity index (χ0v) is 12.9. The van der Waals surface area contributed by atoms with Crippen LogP contribution in [0.5, 0.6) is 5.75 Å². The van der Waals surface area contributed by atoms with Crippen molar-refractivity contribution in [2.24, 2.45) is 0 Å². The number of nitrogens with zero attached hydrogens (tertiary/aromatic N) is 3. The van der Waals surface area contributed by atoms with E-state index in [1.165, 1.54) is 23.0 Å². The number of rotatable bonds is 4. The first kappa shape index (κ1) is 15.9. The number of alkyl halides is 4. The lowest BCUT2D eigenvalue weighted by molar-refractivity contribution is -0.274. The van der Waals surface area contributed by atoms with Crippen molar-refractivity contribution in [2.45, 2.75) is 31.3 Å². The van der Waals surface area contributed by atoms with Gasteiger partial charge in [0.25, 0.3) is 0 Å². The third kappa shape index (κ3) is 3.29. The minimum Gasteiger partial charge on any atom is -0.406 e. The van der Waals surface area contributed by atoms with Crippen molar-refractivity contribution in [3.05, 3.63) is 59.5 Å². The second kappa shape index (κ2) is 5.72. The Morgan fingerprint density at radius 3 is 2.48 bits per heavy atom. The number of ether oxygens (including phenoxy) is 1. The summed E-state index contributed by atoms with van der Waals surface area (Å²) < 4.78 is 56.9. The van der Waals surface area contributed by atoms with Crippen LogP contribution in [-0.2, 0) is 0 Å². The molecule has 130 valence electrons. The van der Waals surface area contributed by atoms with Crippen LogP contribution < -0.4 is 4.74 Å². The predicted octanol–water partition coefficient (Wildman–Crippen LogP) is 4.56. The fourth-order valence-electron chi connectivity index (χ4n) is 2.81. The maximum Gasteiger partial charge on any atom is 0.573 e. The van der Waals surface area contributed by atoms with Crippen molar-refractivity contribution in [1.29, 1.82) is 0 Å². The molecule has 0 N–H and O–H groups in total. The van der Waals surface area contributed by atoms with Crippen LogP contribution in [0.15, 0.2) is 42.7 Å². The first-order valence-electron chi connectivity index (χ1n) is 7.74. The first-order valence-corrected chi connectivity index (χ1v) is 7.74. The maximum atomic E-state index is 15.1. The van der Waals surface area contributed by atoms with Crippen LogP contribution in [-0.4, -0.2) is 21.0 Å². The van der Waals surface area contributed by atoms with Gasteiger partial charge in [0.2, 0.25) is 0 Å². The number of fused-ring (bicyclic) bond motifs is 1. The molecule has 3 aromatic rings. The van der Waals surface area contributed by atoms with Gasteiger partial charge in [-0.1, -0.05) is 12.1 Å². The van der Waals surface area contributed by atoms with Gasteiger partial charge >= 0.3 is 6.36 Å². The van der Waals surface area contributed by atoms with Gasteiger partial charge in [-0.15, -0.1) is 13.2 Å². The Morgan fingerprint density at radius 2 is 1.84 bits per heavy atom. The molecule has 4 nitrogen and oxygen atoms in total. The molecule has 1 aromatic carbocycles. The van der Waals surface area contributed by atoms with Gasteiger partial charge in [-0.25, -0.2) is 13.9 Å². The van der Waals surface area contributed by atoms with Crippen LogP contribution in [0.3, 0.4) is 0 Å². The van der Waals surface area contributed by atoms with Gasteiger partial charge in [-0.05, 0) is 54.2 Å². The maximum absolute atomic E-state index is 15.1. The summed E-state index contributed by atoms with van der Waals surface area (Å²) in [5.41, 5.74) is 2.09. The highest BCUT2D eigenvalue weighted by Gasteiger charge is 2.31. The minimum absolute atomic E-state index is 0.222. The molecule has 8 heteroatoms. The topological polar surface area (TPSA) is 39.4 Å². The van der Waals surface area contributed by atoms with Gasteiger partial charge in [0, 0.05) is 0 Å². The summed E-state index contributed by atoms with van der Waals surface area (Å²) in [5, 5.41) is 4.04. The Kier molecular flexibility index (Phi) is 3.63. The lowest BCUT2D eigenvalue weighted by atomic mass is 10.0. The molecule has 4 rings (SSSR count). The number of hydrogen-bond acceptors (Lipinski definition) is 3. The minimum atomic E-state index is -4.78. The van der Waals surface area contributed by atoms with E-state index in [9.17, 15) is 13.2 Å². The number of halogens is 4. The van der Waals surface area contributed by atoms with Crippen molar-refractivity contribution in [3.63, 3.8) is 0 Å². The van der Waals surface area contributed by atoms with Crippen LogP contribution in [0.25, 0.3) is 5.65 Å². The molecule has 1 aliphatic rings. The van der Waals surface area contributed by atoms with E-state index in [2.05, 4.69) is 14.8 Å². The molecule has 1 saturated carbocycles. The van der Waals surface area contributed by atoms with E-state index in [1.54, 1.807) is 6.07 Å². The lowest BCUT2D eigenvalue weighted by Crippen LogP contribution is -2.17. The monoisotopic (exact) mass is 351 g/mol. The molecular formula is C17H13F4N3O. The smallest absolute Gasteiger partial charge is 0.406 e. The summed E-state index contributed by atoms with van der Waals surface area (Å²) >= 11 is 0. The number of hydrogen-bond donors (Lipinski definition) is 0. The van der Waals surface area contributed by atoms with E-state index >= 15 is 4.39 Å². The molecule has 1 unspecified atom stereocenters. The summed E-state index contributed by atoms with van der Waals surface area (Å²) in [4.78, 5) is 4.12. The zero-order chi connectivity index (χ0) is 17.6. The normalized spacial score (nSPS) is 16.2. The standard InChI is InChI=1S/C17H13F4N3O/c18-16(11-3-5-13(6-4-11)25-17(19,20)21)14-7-12(10-1-2-10)8-15-22-9-23-24(14)15/h3-10,16H,1-2H2. The van der Waals surface area contributed by atoms with E-state index in [-0.39, 0.29) is 11.3 Å². The van der Waals surface area contributed by atoms with Crippen molar-refractivity contribution in [1.82, 2.24) is 14.6 Å². The van der Waals surface area contributed by atoms with Gasteiger partial charge in [0.1, 0.15) is 12.1 Å². The molecule has 25 heavy (non-hydrogen) atoms. The summed E-state index contributed by atoms with van der Waals surface area (Å²) in [7, 11) is 0. The second-order valence-corrected chi connectivity index (χ2v) is 6.00. The molecule has 1 fully saturated rings. The highest BCUT2D eigenvalue weighted by Crippen LogP contribution is 2.41. The molecule has 0 amide bonds. The largest absolute Gasteiger partial charge is 0.573 e. The average Bonchev–Trinajstić information content (AvgIpc) is 3.30. The molecule has 0 saturated heterocycles. The van der Waals surface area contributed by atoms with Crippen molar-refractivity contribution < 1.29 is 22.3 Å².